The van der Waals surface area contributed by atoms with E-state index in [9.17, 15) is 4.79 Å². The van der Waals surface area contributed by atoms with Crippen LogP contribution in [0, 0.1) is 13.8 Å². The second-order valence-corrected chi connectivity index (χ2v) is 6.61. The molecule has 7 nitrogen and oxygen atoms in total. The van der Waals surface area contributed by atoms with Gasteiger partial charge in [-0.15, -0.1) is 0 Å². The standard InChI is InChI=1S/C20H20N4O3/c1-11(6-5-9-21-4)16-10-26-19-14(17-12(2)23-27-13(17)3)7-8-15-18(19)24(16)22-20(15)25/h5-9,16H,4,10H2,1-3H3,(H,22,25)/b9-5-,11-6+. The minimum Gasteiger partial charge on any atom is -0.488 e. The first-order valence-corrected chi connectivity index (χ1v) is 8.65. The summed E-state index contributed by atoms with van der Waals surface area (Å²) >= 11 is 0. The van der Waals surface area contributed by atoms with Crippen LogP contribution in [-0.4, -0.2) is 28.3 Å². The van der Waals surface area contributed by atoms with E-state index < -0.39 is 0 Å². The molecule has 1 atom stereocenters. The van der Waals surface area contributed by atoms with Gasteiger partial charge in [-0.1, -0.05) is 11.2 Å². The fraction of sp³-hybridized carbons (Fsp3) is 0.250. The van der Waals surface area contributed by atoms with E-state index in [1.807, 2.05) is 49.7 Å². The monoisotopic (exact) mass is 364 g/mol. The van der Waals surface area contributed by atoms with E-state index in [0.717, 1.165) is 33.7 Å². The van der Waals surface area contributed by atoms with Crippen LogP contribution in [0.15, 0.2) is 50.4 Å². The van der Waals surface area contributed by atoms with E-state index in [0.29, 0.717) is 17.7 Å². The SMILES string of the molecule is C=N/C=C\C=C(/C)C1COc2c(-c3c(C)noc3C)ccc3c(=O)[nH]n1c23. The van der Waals surface area contributed by atoms with Gasteiger partial charge in [0.15, 0.2) is 5.75 Å². The lowest BCUT2D eigenvalue weighted by Gasteiger charge is -2.27. The van der Waals surface area contributed by atoms with Gasteiger partial charge in [-0.05, 0) is 51.3 Å². The van der Waals surface area contributed by atoms with Crippen molar-refractivity contribution in [3.8, 4) is 16.9 Å². The Kier molecular flexibility index (Phi) is 4.07. The van der Waals surface area contributed by atoms with Crippen LogP contribution < -0.4 is 10.3 Å². The molecular weight excluding hydrogens is 344 g/mol. The van der Waals surface area contributed by atoms with E-state index >= 15 is 0 Å². The van der Waals surface area contributed by atoms with Crippen molar-refractivity contribution >= 4 is 17.6 Å². The minimum absolute atomic E-state index is 0.114. The topological polar surface area (TPSA) is 85.4 Å². The van der Waals surface area contributed by atoms with Crippen LogP contribution in [0.25, 0.3) is 22.0 Å². The third-order valence-electron chi connectivity index (χ3n) is 4.92. The summed E-state index contributed by atoms with van der Waals surface area (Å²) in [6, 6.07) is 3.60. The normalized spacial score (nSPS) is 16.9. The molecule has 1 aromatic carbocycles. The highest BCUT2D eigenvalue weighted by molar-refractivity contribution is 5.93. The first-order chi connectivity index (χ1) is 13.0. The van der Waals surface area contributed by atoms with Crippen molar-refractivity contribution in [1.29, 1.82) is 0 Å². The van der Waals surface area contributed by atoms with Crippen LogP contribution in [0.4, 0.5) is 0 Å². The number of aromatic amines is 1. The molecule has 0 radical (unpaired) electrons. The number of aromatic nitrogens is 3. The van der Waals surface area contributed by atoms with E-state index in [-0.39, 0.29) is 11.6 Å². The molecule has 0 spiro atoms. The van der Waals surface area contributed by atoms with E-state index in [4.69, 9.17) is 9.26 Å². The predicted molar refractivity (Wildman–Crippen MR) is 105 cm³/mol. The summed E-state index contributed by atoms with van der Waals surface area (Å²) in [5, 5.41) is 7.60. The van der Waals surface area contributed by atoms with E-state index in [1.54, 1.807) is 6.20 Å². The number of ether oxygens (including phenoxy) is 1. The van der Waals surface area contributed by atoms with Crippen LogP contribution in [0.1, 0.15) is 24.4 Å². The number of aliphatic imine (C=N–C) groups is 1. The highest BCUT2D eigenvalue weighted by Crippen LogP contribution is 2.42. The molecule has 1 unspecified atom stereocenters. The zero-order valence-corrected chi connectivity index (χ0v) is 15.4. The third-order valence-corrected chi connectivity index (χ3v) is 4.92. The molecule has 27 heavy (non-hydrogen) atoms. The average Bonchev–Trinajstić information content (AvgIpc) is 3.16. The molecule has 0 amide bonds. The first kappa shape index (κ1) is 17.1. The van der Waals surface area contributed by atoms with Gasteiger partial charge in [0, 0.05) is 11.8 Å². The summed E-state index contributed by atoms with van der Waals surface area (Å²) in [5.41, 5.74) is 4.23. The van der Waals surface area contributed by atoms with Gasteiger partial charge >= 0.3 is 0 Å². The molecule has 1 N–H and O–H groups in total. The number of aryl methyl sites for hydroxylation is 2. The van der Waals surface area contributed by atoms with Crippen molar-refractivity contribution in [3.63, 3.8) is 0 Å². The maximum Gasteiger partial charge on any atom is 0.272 e. The number of nitrogens with zero attached hydrogens (tertiary/aromatic N) is 3. The smallest absolute Gasteiger partial charge is 0.272 e. The number of rotatable bonds is 4. The minimum atomic E-state index is -0.136. The fourth-order valence-corrected chi connectivity index (χ4v) is 3.60. The van der Waals surface area contributed by atoms with Crippen molar-refractivity contribution in [1.82, 2.24) is 14.9 Å². The van der Waals surface area contributed by atoms with Gasteiger partial charge in [0.05, 0.1) is 16.6 Å². The predicted octanol–water partition coefficient (Wildman–Crippen LogP) is 3.70. The van der Waals surface area contributed by atoms with Gasteiger partial charge in [-0.3, -0.25) is 19.6 Å². The summed E-state index contributed by atoms with van der Waals surface area (Å²) in [5.74, 6) is 1.39. The number of hydrogen-bond donors (Lipinski definition) is 1. The summed E-state index contributed by atoms with van der Waals surface area (Å²) < 4.78 is 13.4. The Bertz CT molecular complexity index is 1140. The Morgan fingerprint density at radius 3 is 2.96 bits per heavy atom. The molecule has 2 aromatic heterocycles. The molecule has 138 valence electrons. The quantitative estimate of drug-likeness (QED) is 0.565. The molecule has 3 heterocycles. The van der Waals surface area contributed by atoms with E-state index in [1.165, 1.54) is 0 Å². The highest BCUT2D eigenvalue weighted by atomic mass is 16.5. The molecule has 0 bridgehead atoms. The molecule has 0 aliphatic carbocycles. The van der Waals surface area contributed by atoms with Crippen LogP contribution in [0.5, 0.6) is 5.75 Å². The van der Waals surface area contributed by atoms with Gasteiger partial charge < -0.3 is 9.26 Å². The Morgan fingerprint density at radius 2 is 2.26 bits per heavy atom. The van der Waals surface area contributed by atoms with Crippen molar-refractivity contribution in [2.45, 2.75) is 26.8 Å². The summed E-state index contributed by atoms with van der Waals surface area (Å²) in [4.78, 5) is 16.2. The van der Waals surface area contributed by atoms with Crippen LogP contribution in [0.3, 0.4) is 0 Å². The zero-order valence-electron chi connectivity index (χ0n) is 15.4. The maximum atomic E-state index is 12.5. The molecule has 0 saturated heterocycles. The highest BCUT2D eigenvalue weighted by Gasteiger charge is 2.29. The number of nitrogens with one attached hydrogen (secondary N) is 1. The summed E-state index contributed by atoms with van der Waals surface area (Å²) in [6.45, 7) is 9.59. The first-order valence-electron chi connectivity index (χ1n) is 8.65. The van der Waals surface area contributed by atoms with Crippen molar-refractivity contribution in [3.05, 3.63) is 57.9 Å². The fourth-order valence-electron chi connectivity index (χ4n) is 3.60. The molecule has 1 aliphatic rings. The lowest BCUT2D eigenvalue weighted by molar-refractivity contribution is 0.247. The van der Waals surface area contributed by atoms with Gasteiger partial charge in [-0.2, -0.15) is 0 Å². The molecule has 7 heteroatoms. The van der Waals surface area contributed by atoms with Gasteiger partial charge in [0.2, 0.25) is 0 Å². The van der Waals surface area contributed by atoms with E-state index in [2.05, 4.69) is 22.0 Å². The Balaban J connectivity index is 1.94. The van der Waals surface area contributed by atoms with Gasteiger partial charge in [0.1, 0.15) is 23.9 Å². The summed E-state index contributed by atoms with van der Waals surface area (Å²) in [7, 11) is 0. The van der Waals surface area contributed by atoms with Crippen LogP contribution in [-0.2, 0) is 0 Å². The maximum absolute atomic E-state index is 12.5. The third kappa shape index (κ3) is 2.63. The molecule has 0 fully saturated rings. The molecular formula is C20H20N4O3. The Labute approximate surface area is 155 Å². The van der Waals surface area contributed by atoms with Crippen molar-refractivity contribution < 1.29 is 9.26 Å². The zero-order chi connectivity index (χ0) is 19.1. The summed E-state index contributed by atoms with van der Waals surface area (Å²) in [6.07, 6.45) is 5.37. The molecule has 3 aromatic rings. The lowest BCUT2D eigenvalue weighted by atomic mass is 9.99. The Hall–Kier alpha value is -3.35. The molecule has 4 rings (SSSR count). The van der Waals surface area contributed by atoms with Crippen LogP contribution in [0.2, 0.25) is 0 Å². The lowest BCUT2D eigenvalue weighted by Crippen LogP contribution is -2.25. The molecule has 0 saturated carbocycles. The Morgan fingerprint density at radius 1 is 1.44 bits per heavy atom. The largest absolute Gasteiger partial charge is 0.488 e. The second kappa shape index (κ2) is 6.42. The average molecular weight is 364 g/mol. The molecule has 1 aliphatic heterocycles. The second-order valence-electron chi connectivity index (χ2n) is 6.61. The van der Waals surface area contributed by atoms with Gasteiger partial charge in [-0.25, -0.2) is 0 Å². The van der Waals surface area contributed by atoms with Crippen molar-refractivity contribution in [2.75, 3.05) is 6.61 Å². The van der Waals surface area contributed by atoms with Crippen molar-refractivity contribution in [2.24, 2.45) is 4.99 Å². The van der Waals surface area contributed by atoms with Gasteiger partial charge in [0.25, 0.3) is 5.56 Å². The number of allylic oxidation sites excluding steroid dienone is 2. The van der Waals surface area contributed by atoms with Crippen LogP contribution >= 0.6 is 0 Å². The number of H-pyrrole nitrogens is 1. The number of hydrogen-bond acceptors (Lipinski definition) is 5. The number of benzene rings is 1.